The number of hydrogen-bond donors (Lipinski definition) is 2. The number of fused-ring (bicyclic) bond motifs is 2. The normalized spacial score (nSPS) is 15.8. The van der Waals surface area contributed by atoms with Crippen molar-refractivity contribution >= 4 is 28.7 Å². The summed E-state index contributed by atoms with van der Waals surface area (Å²) < 4.78 is 15.8. The number of nitrogens with zero attached hydrogens (tertiary/aromatic N) is 4. The molecule has 9 nitrogen and oxygen atoms in total. The van der Waals surface area contributed by atoms with Gasteiger partial charge in [0.05, 0.1) is 41.6 Å². The van der Waals surface area contributed by atoms with Gasteiger partial charge in [0, 0.05) is 24.5 Å². The first kappa shape index (κ1) is 23.9. The van der Waals surface area contributed by atoms with E-state index in [1.54, 1.807) is 71.0 Å². The molecule has 2 N–H and O–H groups in total. The number of aromatic carboxylic acids is 1. The second-order valence-electron chi connectivity index (χ2n) is 10.0. The van der Waals surface area contributed by atoms with E-state index >= 15 is 0 Å². The fourth-order valence-corrected chi connectivity index (χ4v) is 5.44. The van der Waals surface area contributed by atoms with E-state index in [1.165, 1.54) is 6.07 Å². The van der Waals surface area contributed by atoms with Gasteiger partial charge in [0.1, 0.15) is 11.5 Å². The minimum atomic E-state index is -0.994. The lowest BCUT2D eigenvalue weighted by molar-refractivity contribution is 0.0669. The van der Waals surface area contributed by atoms with Crippen LogP contribution in [0, 0.1) is 12.7 Å². The van der Waals surface area contributed by atoms with E-state index in [0.717, 1.165) is 18.4 Å². The molecule has 1 saturated carbocycles. The molecule has 2 amide bonds. The first-order chi connectivity index (χ1) is 18.2. The smallest absolute Gasteiger partial charge is 0.335 e. The van der Waals surface area contributed by atoms with Gasteiger partial charge in [0.15, 0.2) is 0 Å². The standard InChI is InChI=1S/C28H26FN5O4/c1-16-19-13-23(31-22(19)8-7-21(16)29)26(36)33-11-12-34-24(15-33)20(14-30-34)25(35)32(2)28(9-10-28)18-5-3-17(4-6-18)27(37)38/h3-8,13-14,31H,9-12,15H2,1-2H3,(H,37,38). The molecule has 2 aliphatic rings. The zero-order valence-electron chi connectivity index (χ0n) is 21.0. The van der Waals surface area contributed by atoms with Gasteiger partial charge < -0.3 is 19.9 Å². The van der Waals surface area contributed by atoms with Crippen LogP contribution in [0.4, 0.5) is 4.39 Å². The maximum Gasteiger partial charge on any atom is 0.335 e. The summed E-state index contributed by atoms with van der Waals surface area (Å²) in [6.45, 7) is 2.78. The maximum absolute atomic E-state index is 14.0. The summed E-state index contributed by atoms with van der Waals surface area (Å²) in [6, 6.07) is 11.3. The number of rotatable bonds is 5. The Labute approximate surface area is 217 Å². The van der Waals surface area contributed by atoms with Gasteiger partial charge in [0.25, 0.3) is 11.8 Å². The lowest BCUT2D eigenvalue weighted by Crippen LogP contribution is -2.41. The molecule has 0 bridgehead atoms. The lowest BCUT2D eigenvalue weighted by Gasteiger charge is -2.31. The van der Waals surface area contributed by atoms with Crippen LogP contribution in [0.15, 0.2) is 48.7 Å². The highest BCUT2D eigenvalue weighted by molar-refractivity contribution is 5.99. The van der Waals surface area contributed by atoms with Crippen LogP contribution in [-0.4, -0.2) is 61.0 Å². The third-order valence-electron chi connectivity index (χ3n) is 7.97. The van der Waals surface area contributed by atoms with E-state index in [4.69, 9.17) is 0 Å². The second kappa shape index (κ2) is 8.54. The molecule has 2 aromatic heterocycles. The van der Waals surface area contributed by atoms with Crippen molar-refractivity contribution in [3.05, 3.63) is 88.1 Å². The maximum atomic E-state index is 14.0. The average Bonchev–Trinajstić information content (AvgIpc) is 3.44. The number of amides is 2. The van der Waals surface area contributed by atoms with Crippen LogP contribution in [0.2, 0.25) is 0 Å². The molecule has 2 aromatic carbocycles. The van der Waals surface area contributed by atoms with Crippen LogP contribution in [0.3, 0.4) is 0 Å². The van der Waals surface area contributed by atoms with Crippen LogP contribution in [0.25, 0.3) is 10.9 Å². The van der Waals surface area contributed by atoms with Crippen molar-refractivity contribution in [3.8, 4) is 0 Å². The number of carboxylic acid groups (broad SMARTS) is 1. The highest BCUT2D eigenvalue weighted by Crippen LogP contribution is 2.51. The Bertz CT molecular complexity index is 1620. The lowest BCUT2D eigenvalue weighted by atomic mass is 10.0. The number of aryl methyl sites for hydroxylation is 1. The third-order valence-corrected chi connectivity index (χ3v) is 7.97. The Kier molecular flexibility index (Phi) is 5.37. The Morgan fingerprint density at radius 2 is 1.84 bits per heavy atom. The first-order valence-corrected chi connectivity index (χ1v) is 12.4. The van der Waals surface area contributed by atoms with E-state index in [2.05, 4.69) is 10.1 Å². The molecule has 1 aliphatic heterocycles. The van der Waals surface area contributed by atoms with E-state index in [-0.39, 0.29) is 29.7 Å². The highest BCUT2D eigenvalue weighted by atomic mass is 19.1. The van der Waals surface area contributed by atoms with E-state index < -0.39 is 11.5 Å². The molecule has 0 unspecified atom stereocenters. The number of H-pyrrole nitrogens is 1. The zero-order valence-corrected chi connectivity index (χ0v) is 21.0. The molecular formula is C28H26FN5O4. The Morgan fingerprint density at radius 3 is 2.53 bits per heavy atom. The molecule has 0 atom stereocenters. The monoisotopic (exact) mass is 515 g/mol. The van der Waals surface area contributed by atoms with Crippen molar-refractivity contribution in [3.63, 3.8) is 0 Å². The molecule has 0 radical (unpaired) electrons. The van der Waals surface area contributed by atoms with Gasteiger partial charge in [-0.3, -0.25) is 14.3 Å². The molecule has 1 fully saturated rings. The number of nitrogens with one attached hydrogen (secondary N) is 1. The fourth-order valence-electron chi connectivity index (χ4n) is 5.44. The quantitative estimate of drug-likeness (QED) is 0.418. The van der Waals surface area contributed by atoms with Gasteiger partial charge in [0.2, 0.25) is 0 Å². The van der Waals surface area contributed by atoms with Crippen molar-refractivity contribution in [2.24, 2.45) is 0 Å². The van der Waals surface area contributed by atoms with Gasteiger partial charge in [-0.25, -0.2) is 9.18 Å². The highest BCUT2D eigenvalue weighted by Gasteiger charge is 2.50. The first-order valence-electron chi connectivity index (χ1n) is 12.4. The number of carbonyl (C=O) groups is 3. The summed E-state index contributed by atoms with van der Waals surface area (Å²) in [4.78, 5) is 44.8. The molecule has 4 aromatic rings. The molecule has 6 rings (SSSR count). The molecule has 3 heterocycles. The zero-order chi connectivity index (χ0) is 26.8. The van der Waals surface area contributed by atoms with Crippen molar-refractivity contribution in [1.29, 1.82) is 0 Å². The summed E-state index contributed by atoms with van der Waals surface area (Å²) in [6.07, 6.45) is 3.10. The molecule has 10 heteroatoms. The van der Waals surface area contributed by atoms with E-state index in [1.807, 2.05) is 0 Å². The van der Waals surface area contributed by atoms with E-state index in [9.17, 15) is 23.9 Å². The number of carbonyl (C=O) groups excluding carboxylic acids is 2. The summed E-state index contributed by atoms with van der Waals surface area (Å²) in [5.41, 5.74) is 3.24. The number of aromatic amines is 1. The molecule has 194 valence electrons. The van der Waals surface area contributed by atoms with Crippen LogP contribution in [0.1, 0.15) is 60.9 Å². The summed E-state index contributed by atoms with van der Waals surface area (Å²) in [7, 11) is 1.75. The minimum Gasteiger partial charge on any atom is -0.478 e. The van der Waals surface area contributed by atoms with Gasteiger partial charge in [-0.15, -0.1) is 0 Å². The summed E-state index contributed by atoms with van der Waals surface area (Å²) in [5, 5.41) is 14.3. The molecule has 0 spiro atoms. The minimum absolute atomic E-state index is 0.197. The summed E-state index contributed by atoms with van der Waals surface area (Å²) in [5.74, 6) is -1.74. The van der Waals surface area contributed by atoms with Gasteiger partial charge >= 0.3 is 5.97 Å². The van der Waals surface area contributed by atoms with Crippen molar-refractivity contribution in [1.82, 2.24) is 24.6 Å². The number of halogens is 1. The summed E-state index contributed by atoms with van der Waals surface area (Å²) >= 11 is 0. The Balaban J connectivity index is 1.24. The molecule has 1 aliphatic carbocycles. The number of hydrogen-bond acceptors (Lipinski definition) is 4. The Morgan fingerprint density at radius 1 is 1.11 bits per heavy atom. The van der Waals surface area contributed by atoms with Crippen LogP contribution in [0.5, 0.6) is 0 Å². The SMILES string of the molecule is Cc1c(F)ccc2[nH]c(C(=O)N3CCn4ncc(C(=O)N(C)C5(c6ccc(C(=O)O)cc6)CC5)c4C3)cc12. The molecular weight excluding hydrogens is 489 g/mol. The second-order valence-corrected chi connectivity index (χ2v) is 10.0. The average molecular weight is 516 g/mol. The van der Waals surface area contributed by atoms with Gasteiger partial charge in [-0.1, -0.05) is 12.1 Å². The molecule has 38 heavy (non-hydrogen) atoms. The van der Waals surface area contributed by atoms with Gasteiger partial charge in [-0.2, -0.15) is 5.10 Å². The van der Waals surface area contributed by atoms with Gasteiger partial charge in [-0.05, 0) is 61.2 Å². The van der Waals surface area contributed by atoms with E-state index in [0.29, 0.717) is 46.5 Å². The topological polar surface area (TPSA) is 112 Å². The van der Waals surface area contributed by atoms with Crippen molar-refractivity contribution < 1.29 is 23.9 Å². The Hall–Kier alpha value is -4.47. The predicted octanol–water partition coefficient (Wildman–Crippen LogP) is 3.93. The van der Waals surface area contributed by atoms with Crippen molar-refractivity contribution in [2.45, 2.75) is 38.4 Å². The van der Waals surface area contributed by atoms with Crippen molar-refractivity contribution in [2.75, 3.05) is 13.6 Å². The largest absolute Gasteiger partial charge is 0.478 e. The van der Waals surface area contributed by atoms with Crippen LogP contribution in [-0.2, 0) is 18.6 Å². The van der Waals surface area contributed by atoms with Crippen LogP contribution >= 0.6 is 0 Å². The number of benzene rings is 2. The number of aromatic nitrogens is 3. The number of carboxylic acids is 1. The third kappa shape index (κ3) is 3.67. The van der Waals surface area contributed by atoms with Crippen LogP contribution < -0.4 is 0 Å². The fraction of sp³-hybridized carbons (Fsp3) is 0.286. The molecule has 0 saturated heterocycles. The predicted molar refractivity (Wildman–Crippen MR) is 136 cm³/mol.